The lowest BCUT2D eigenvalue weighted by Crippen LogP contribution is -2.42. The number of aryl methyl sites for hydroxylation is 1. The lowest BCUT2D eigenvalue weighted by Gasteiger charge is -2.36. The molecule has 1 saturated carbocycles. The van der Waals surface area contributed by atoms with E-state index in [2.05, 4.69) is 42.4 Å². The van der Waals surface area contributed by atoms with Crippen LogP contribution < -0.4 is 5.32 Å². The Kier molecular flexibility index (Phi) is 2.92. The zero-order valence-corrected chi connectivity index (χ0v) is 11.1. The summed E-state index contributed by atoms with van der Waals surface area (Å²) in [6, 6.07) is 8.58. The third-order valence-electron chi connectivity index (χ3n) is 4.91. The quantitative estimate of drug-likeness (QED) is 0.742. The van der Waals surface area contributed by atoms with Crippen LogP contribution >= 0.6 is 0 Å². The SMILES string of the molecule is C#CC1(c2ccccc2C)NCC2CCCCC21. The van der Waals surface area contributed by atoms with Crippen LogP contribution in [0.15, 0.2) is 24.3 Å². The molecule has 1 nitrogen and oxygen atoms in total. The molecule has 2 aliphatic rings. The largest absolute Gasteiger partial charge is 0.297 e. The molecule has 3 rings (SSSR count). The molecule has 1 aromatic carbocycles. The molecule has 18 heavy (non-hydrogen) atoms. The van der Waals surface area contributed by atoms with E-state index in [0.29, 0.717) is 5.92 Å². The lowest BCUT2D eigenvalue weighted by atomic mass is 9.69. The highest BCUT2D eigenvalue weighted by molar-refractivity contribution is 5.41. The van der Waals surface area contributed by atoms with Crippen LogP contribution in [0.5, 0.6) is 0 Å². The van der Waals surface area contributed by atoms with Crippen LogP contribution in [0.3, 0.4) is 0 Å². The number of hydrogen-bond donors (Lipinski definition) is 1. The topological polar surface area (TPSA) is 12.0 Å². The first-order valence-electron chi connectivity index (χ1n) is 7.07. The van der Waals surface area contributed by atoms with Gasteiger partial charge < -0.3 is 0 Å². The van der Waals surface area contributed by atoms with Crippen molar-refractivity contribution in [3.63, 3.8) is 0 Å². The Morgan fingerprint density at radius 2 is 2.06 bits per heavy atom. The van der Waals surface area contributed by atoms with Crippen LogP contribution in [0.2, 0.25) is 0 Å². The number of nitrogens with one attached hydrogen (secondary N) is 1. The molecule has 0 bridgehead atoms. The summed E-state index contributed by atoms with van der Waals surface area (Å²) in [6.07, 6.45) is 11.3. The molecule has 1 aliphatic carbocycles. The maximum absolute atomic E-state index is 5.96. The monoisotopic (exact) mass is 239 g/mol. The van der Waals surface area contributed by atoms with Gasteiger partial charge in [0.25, 0.3) is 0 Å². The Hall–Kier alpha value is -1.26. The third-order valence-corrected chi connectivity index (χ3v) is 4.91. The molecule has 3 atom stereocenters. The van der Waals surface area contributed by atoms with Gasteiger partial charge in [0.05, 0.1) is 0 Å². The first-order chi connectivity index (χ1) is 8.78. The molecule has 1 saturated heterocycles. The zero-order valence-electron chi connectivity index (χ0n) is 11.1. The smallest absolute Gasteiger partial charge is 0.109 e. The van der Waals surface area contributed by atoms with E-state index in [1.165, 1.54) is 36.8 Å². The van der Waals surface area contributed by atoms with Gasteiger partial charge in [-0.05, 0) is 42.7 Å². The van der Waals surface area contributed by atoms with Crippen LogP contribution in [0.4, 0.5) is 0 Å². The first-order valence-corrected chi connectivity index (χ1v) is 7.07. The zero-order chi connectivity index (χ0) is 12.6. The van der Waals surface area contributed by atoms with Crippen LogP contribution in [0.1, 0.15) is 36.8 Å². The summed E-state index contributed by atoms with van der Waals surface area (Å²) in [4.78, 5) is 0. The summed E-state index contributed by atoms with van der Waals surface area (Å²) in [5.41, 5.74) is 2.42. The van der Waals surface area contributed by atoms with Gasteiger partial charge in [0.2, 0.25) is 0 Å². The summed E-state index contributed by atoms with van der Waals surface area (Å²) in [5, 5.41) is 3.68. The number of hydrogen-bond acceptors (Lipinski definition) is 1. The standard InChI is InChI=1S/C17H21N/c1-3-17(15-10-6-4-8-13(15)2)16-11-7-5-9-14(16)12-18-17/h1,4,6,8,10,14,16,18H,5,7,9,11-12H2,2H3. The fourth-order valence-corrected chi connectivity index (χ4v) is 3.99. The summed E-state index contributed by atoms with van der Waals surface area (Å²) < 4.78 is 0. The van der Waals surface area contributed by atoms with Gasteiger partial charge in [-0.15, -0.1) is 6.42 Å². The van der Waals surface area contributed by atoms with Crippen molar-refractivity contribution in [3.8, 4) is 12.3 Å². The van der Waals surface area contributed by atoms with Crippen molar-refractivity contribution >= 4 is 0 Å². The molecule has 1 heterocycles. The minimum Gasteiger partial charge on any atom is -0.297 e. The number of terminal acetylenes is 1. The van der Waals surface area contributed by atoms with E-state index < -0.39 is 0 Å². The Labute approximate surface area is 110 Å². The van der Waals surface area contributed by atoms with E-state index in [9.17, 15) is 0 Å². The maximum atomic E-state index is 5.96. The Bertz CT molecular complexity index is 485. The Morgan fingerprint density at radius 1 is 1.28 bits per heavy atom. The number of benzene rings is 1. The van der Waals surface area contributed by atoms with Gasteiger partial charge in [-0.1, -0.05) is 43.0 Å². The molecule has 0 aromatic heterocycles. The van der Waals surface area contributed by atoms with E-state index >= 15 is 0 Å². The van der Waals surface area contributed by atoms with Gasteiger partial charge in [0.15, 0.2) is 0 Å². The van der Waals surface area contributed by atoms with Crippen LogP contribution in [-0.4, -0.2) is 6.54 Å². The Balaban J connectivity index is 2.06. The molecule has 0 amide bonds. The van der Waals surface area contributed by atoms with Crippen molar-refractivity contribution in [3.05, 3.63) is 35.4 Å². The average molecular weight is 239 g/mol. The normalized spacial score (nSPS) is 34.9. The molecule has 2 fully saturated rings. The van der Waals surface area contributed by atoms with Gasteiger partial charge in [0, 0.05) is 6.54 Å². The minimum atomic E-state index is -0.212. The van der Waals surface area contributed by atoms with Crippen molar-refractivity contribution < 1.29 is 0 Å². The molecule has 0 spiro atoms. The fourth-order valence-electron chi connectivity index (χ4n) is 3.99. The second-order valence-electron chi connectivity index (χ2n) is 5.80. The van der Waals surface area contributed by atoms with Gasteiger partial charge in [0.1, 0.15) is 5.54 Å². The minimum absolute atomic E-state index is 0.212. The van der Waals surface area contributed by atoms with Crippen LogP contribution in [0, 0.1) is 31.1 Å². The molecule has 0 radical (unpaired) electrons. The second-order valence-corrected chi connectivity index (χ2v) is 5.80. The van der Waals surface area contributed by atoms with Gasteiger partial charge >= 0.3 is 0 Å². The molecule has 94 valence electrons. The predicted molar refractivity (Wildman–Crippen MR) is 75.1 cm³/mol. The third kappa shape index (κ3) is 1.60. The summed E-state index contributed by atoms with van der Waals surface area (Å²) in [7, 11) is 0. The molecule has 1 aliphatic heterocycles. The molecule has 1 N–H and O–H groups in total. The summed E-state index contributed by atoms with van der Waals surface area (Å²) in [5.74, 6) is 4.52. The van der Waals surface area contributed by atoms with Crippen molar-refractivity contribution in [2.75, 3.05) is 6.54 Å². The van der Waals surface area contributed by atoms with E-state index in [0.717, 1.165) is 12.5 Å². The van der Waals surface area contributed by atoms with Crippen molar-refractivity contribution in [2.45, 2.75) is 38.1 Å². The molecule has 1 aromatic rings. The summed E-state index contributed by atoms with van der Waals surface area (Å²) >= 11 is 0. The maximum Gasteiger partial charge on any atom is 0.109 e. The van der Waals surface area contributed by atoms with Crippen LogP contribution in [-0.2, 0) is 5.54 Å². The average Bonchev–Trinajstić information content (AvgIpc) is 2.79. The highest BCUT2D eigenvalue weighted by atomic mass is 15.0. The van der Waals surface area contributed by atoms with Gasteiger partial charge in [-0.3, -0.25) is 5.32 Å². The molecule has 3 unspecified atom stereocenters. The molecular weight excluding hydrogens is 218 g/mol. The highest BCUT2D eigenvalue weighted by Gasteiger charge is 2.49. The van der Waals surface area contributed by atoms with Crippen molar-refractivity contribution in [1.82, 2.24) is 5.32 Å². The first kappa shape index (κ1) is 11.8. The second kappa shape index (κ2) is 4.44. The Morgan fingerprint density at radius 3 is 2.83 bits per heavy atom. The van der Waals surface area contributed by atoms with Gasteiger partial charge in [-0.2, -0.15) is 0 Å². The fraction of sp³-hybridized carbons (Fsp3) is 0.529. The molecule has 1 heteroatoms. The number of fused-ring (bicyclic) bond motifs is 1. The van der Waals surface area contributed by atoms with E-state index in [-0.39, 0.29) is 5.54 Å². The summed E-state index contributed by atoms with van der Waals surface area (Å²) in [6.45, 7) is 3.26. The highest BCUT2D eigenvalue weighted by Crippen LogP contribution is 2.47. The van der Waals surface area contributed by atoms with Crippen molar-refractivity contribution in [1.29, 1.82) is 0 Å². The lowest BCUT2D eigenvalue weighted by molar-refractivity contribution is 0.231. The number of rotatable bonds is 1. The van der Waals surface area contributed by atoms with E-state index in [4.69, 9.17) is 6.42 Å². The van der Waals surface area contributed by atoms with Crippen LogP contribution in [0.25, 0.3) is 0 Å². The van der Waals surface area contributed by atoms with Gasteiger partial charge in [-0.25, -0.2) is 0 Å². The van der Waals surface area contributed by atoms with E-state index in [1.54, 1.807) is 0 Å². The van der Waals surface area contributed by atoms with Crippen molar-refractivity contribution in [2.24, 2.45) is 11.8 Å². The predicted octanol–water partition coefficient (Wildman–Crippen LogP) is 3.23. The van der Waals surface area contributed by atoms with E-state index in [1.807, 2.05) is 0 Å². The molecular formula is C17H21N.